The van der Waals surface area contributed by atoms with Gasteiger partial charge < -0.3 is 4.74 Å². The molecule has 0 amide bonds. The van der Waals surface area contributed by atoms with Gasteiger partial charge in [0.2, 0.25) is 0 Å². The molecule has 26 heavy (non-hydrogen) atoms. The number of rotatable bonds is 3. The maximum absolute atomic E-state index is 12.7. The van der Waals surface area contributed by atoms with E-state index >= 15 is 0 Å². The van der Waals surface area contributed by atoms with Crippen LogP contribution in [0, 0.1) is 5.92 Å². The van der Waals surface area contributed by atoms with Crippen molar-refractivity contribution in [1.82, 2.24) is 0 Å². The first kappa shape index (κ1) is 17.4. The summed E-state index contributed by atoms with van der Waals surface area (Å²) in [7, 11) is 1.39. The van der Waals surface area contributed by atoms with Gasteiger partial charge in [-0.15, -0.1) is 22.7 Å². The van der Waals surface area contributed by atoms with Gasteiger partial charge in [-0.25, -0.2) is 0 Å². The summed E-state index contributed by atoms with van der Waals surface area (Å²) >= 11 is 3.34. The minimum Gasteiger partial charge on any atom is -0.468 e. The van der Waals surface area contributed by atoms with Crippen LogP contribution in [-0.4, -0.2) is 24.6 Å². The van der Waals surface area contributed by atoms with E-state index in [1.54, 1.807) is 22.7 Å². The van der Waals surface area contributed by atoms with Crippen LogP contribution in [0.1, 0.15) is 37.0 Å². The lowest BCUT2D eigenvalue weighted by Crippen LogP contribution is -2.36. The van der Waals surface area contributed by atoms with Gasteiger partial charge in [-0.1, -0.05) is 6.07 Å². The molecule has 0 saturated carbocycles. The van der Waals surface area contributed by atoms with Crippen LogP contribution >= 0.6 is 22.7 Å². The van der Waals surface area contributed by atoms with E-state index in [-0.39, 0.29) is 17.7 Å². The monoisotopic (exact) mass is 385 g/mol. The fourth-order valence-corrected chi connectivity index (χ4v) is 5.81. The normalized spacial score (nSPS) is 22.8. The highest BCUT2D eigenvalue weighted by molar-refractivity contribution is 7.21. The quantitative estimate of drug-likeness (QED) is 0.711. The minimum absolute atomic E-state index is 0.118. The SMILES string of the molecule is COC(=O)C1C(C)=NC2=C(C(=O)CCC2)[C@@H]1c1ccc(-c2cccs2)s1. The number of hydrogen-bond donors (Lipinski definition) is 0. The number of methoxy groups -OCH3 is 1. The Bertz CT molecular complexity index is 921. The van der Waals surface area contributed by atoms with E-state index in [0.29, 0.717) is 6.42 Å². The molecule has 1 aliphatic carbocycles. The summed E-state index contributed by atoms with van der Waals surface area (Å²) in [4.78, 5) is 33.3. The zero-order valence-electron chi connectivity index (χ0n) is 14.7. The van der Waals surface area contributed by atoms with Crippen molar-refractivity contribution in [2.75, 3.05) is 7.11 Å². The second-order valence-electron chi connectivity index (χ2n) is 6.55. The third-order valence-electron chi connectivity index (χ3n) is 4.99. The Labute approximate surface area is 160 Å². The van der Waals surface area contributed by atoms with Crippen LogP contribution in [0.25, 0.3) is 9.75 Å². The predicted octanol–water partition coefficient (Wildman–Crippen LogP) is 4.83. The molecule has 0 radical (unpaired) electrons. The summed E-state index contributed by atoms with van der Waals surface area (Å²) in [5.74, 6) is -1.03. The molecule has 0 bridgehead atoms. The molecule has 2 atom stereocenters. The summed E-state index contributed by atoms with van der Waals surface area (Å²) in [6, 6.07) is 8.24. The Kier molecular flexibility index (Phi) is 4.63. The number of carbonyl (C=O) groups is 2. The number of ketones is 1. The zero-order valence-corrected chi connectivity index (χ0v) is 16.3. The van der Waals surface area contributed by atoms with E-state index in [0.717, 1.165) is 39.6 Å². The Balaban J connectivity index is 1.84. The second kappa shape index (κ2) is 6.93. The minimum atomic E-state index is -0.532. The van der Waals surface area contributed by atoms with Crippen molar-refractivity contribution in [1.29, 1.82) is 0 Å². The van der Waals surface area contributed by atoms with Gasteiger partial charge >= 0.3 is 5.97 Å². The fraction of sp³-hybridized carbons (Fsp3) is 0.350. The molecule has 0 N–H and O–H groups in total. The molecular weight excluding hydrogens is 366 g/mol. The Morgan fingerprint density at radius 2 is 2.08 bits per heavy atom. The maximum atomic E-state index is 12.7. The number of nitrogens with zero attached hydrogens (tertiary/aromatic N) is 1. The summed E-state index contributed by atoms with van der Waals surface area (Å²) in [6.07, 6.45) is 2.15. The van der Waals surface area contributed by atoms with Crippen molar-refractivity contribution in [2.24, 2.45) is 10.9 Å². The molecule has 1 aliphatic heterocycles. The first-order valence-corrected chi connectivity index (χ1v) is 10.3. The van der Waals surface area contributed by atoms with E-state index in [1.165, 1.54) is 12.0 Å². The van der Waals surface area contributed by atoms with Gasteiger partial charge in [0.05, 0.1) is 7.11 Å². The summed E-state index contributed by atoms with van der Waals surface area (Å²) in [6.45, 7) is 1.87. The molecule has 0 fully saturated rings. The largest absolute Gasteiger partial charge is 0.468 e. The highest BCUT2D eigenvalue weighted by atomic mass is 32.1. The molecule has 0 saturated heterocycles. The predicted molar refractivity (Wildman–Crippen MR) is 105 cm³/mol. The number of aliphatic imine (C=N–C) groups is 1. The van der Waals surface area contributed by atoms with Gasteiger partial charge in [0.25, 0.3) is 0 Å². The van der Waals surface area contributed by atoms with E-state index in [1.807, 2.05) is 19.1 Å². The van der Waals surface area contributed by atoms with Crippen molar-refractivity contribution in [2.45, 2.75) is 32.1 Å². The molecule has 4 rings (SSSR count). The number of allylic oxidation sites excluding steroid dienone is 2. The van der Waals surface area contributed by atoms with Crippen molar-refractivity contribution < 1.29 is 14.3 Å². The second-order valence-corrected chi connectivity index (χ2v) is 8.61. The molecule has 2 aromatic rings. The molecule has 2 aromatic heterocycles. The lowest BCUT2D eigenvalue weighted by Gasteiger charge is -2.33. The maximum Gasteiger partial charge on any atom is 0.315 e. The van der Waals surface area contributed by atoms with Gasteiger partial charge in [-0.05, 0) is 43.3 Å². The van der Waals surface area contributed by atoms with Gasteiger partial charge in [-0.3, -0.25) is 14.6 Å². The van der Waals surface area contributed by atoms with Crippen LogP contribution < -0.4 is 0 Å². The van der Waals surface area contributed by atoms with Gasteiger partial charge in [0.1, 0.15) is 5.92 Å². The standard InChI is InChI=1S/C20H19NO3S2/c1-11-17(20(23)24-2)19(18-12(21-11)5-3-6-13(18)22)16-9-8-15(26-16)14-7-4-10-25-14/h4,7-10,17,19H,3,5-6H2,1-2H3/t17?,19-/m1/s1. The number of carbonyl (C=O) groups excluding carboxylic acids is 2. The summed E-state index contributed by atoms with van der Waals surface area (Å²) in [5.41, 5.74) is 2.31. The molecule has 0 spiro atoms. The topological polar surface area (TPSA) is 55.7 Å². The third-order valence-corrected chi connectivity index (χ3v) is 7.22. The number of thiophene rings is 2. The van der Waals surface area contributed by atoms with E-state index < -0.39 is 5.92 Å². The van der Waals surface area contributed by atoms with E-state index in [4.69, 9.17) is 4.74 Å². The zero-order chi connectivity index (χ0) is 18.3. The molecule has 6 heteroatoms. The average Bonchev–Trinajstić information content (AvgIpc) is 3.31. The van der Waals surface area contributed by atoms with Gasteiger partial charge in [0.15, 0.2) is 5.78 Å². The Morgan fingerprint density at radius 1 is 1.23 bits per heavy atom. The summed E-state index contributed by atoms with van der Waals surface area (Å²) < 4.78 is 5.06. The van der Waals surface area contributed by atoms with Crippen LogP contribution in [0.4, 0.5) is 0 Å². The van der Waals surface area contributed by atoms with Crippen molar-refractivity contribution in [3.63, 3.8) is 0 Å². The highest BCUT2D eigenvalue weighted by Gasteiger charge is 2.43. The first-order chi connectivity index (χ1) is 12.6. The van der Waals surface area contributed by atoms with Crippen LogP contribution in [0.15, 0.2) is 45.9 Å². The van der Waals surface area contributed by atoms with E-state index in [9.17, 15) is 9.59 Å². The lowest BCUT2D eigenvalue weighted by atomic mass is 9.74. The van der Waals surface area contributed by atoms with Crippen LogP contribution in [0.2, 0.25) is 0 Å². The molecule has 1 unspecified atom stereocenters. The Morgan fingerprint density at radius 3 is 2.81 bits per heavy atom. The number of Topliss-reactive ketones (excluding diaryl/α,β-unsaturated/α-hetero) is 1. The first-order valence-electron chi connectivity index (χ1n) is 8.63. The fourth-order valence-electron chi connectivity index (χ4n) is 3.82. The Hall–Kier alpha value is -2.05. The molecule has 0 aromatic carbocycles. The van der Waals surface area contributed by atoms with Crippen molar-refractivity contribution >= 4 is 40.1 Å². The highest BCUT2D eigenvalue weighted by Crippen LogP contribution is 2.46. The number of esters is 1. The van der Waals surface area contributed by atoms with Gasteiger partial charge in [-0.2, -0.15) is 0 Å². The van der Waals surface area contributed by atoms with Gasteiger partial charge in [0, 0.05) is 44.0 Å². The smallest absolute Gasteiger partial charge is 0.315 e. The lowest BCUT2D eigenvalue weighted by molar-refractivity contribution is -0.143. The van der Waals surface area contributed by atoms with Crippen LogP contribution in [-0.2, 0) is 14.3 Å². The number of hydrogen-bond acceptors (Lipinski definition) is 6. The van der Waals surface area contributed by atoms with Crippen molar-refractivity contribution in [3.05, 3.63) is 45.8 Å². The molecule has 134 valence electrons. The molecule has 4 nitrogen and oxygen atoms in total. The van der Waals surface area contributed by atoms with Crippen molar-refractivity contribution in [3.8, 4) is 9.75 Å². The molecular formula is C20H19NO3S2. The average molecular weight is 386 g/mol. The molecule has 2 aliphatic rings. The molecule has 3 heterocycles. The van der Waals surface area contributed by atoms with Crippen LogP contribution in [0.3, 0.4) is 0 Å². The van der Waals surface area contributed by atoms with E-state index in [2.05, 4.69) is 22.5 Å². The third kappa shape index (κ3) is 2.87. The summed E-state index contributed by atoms with van der Waals surface area (Å²) in [5, 5.41) is 2.05. The number of ether oxygens (including phenoxy) is 1. The van der Waals surface area contributed by atoms with Crippen LogP contribution in [0.5, 0.6) is 0 Å².